The molecule has 1 saturated heterocycles. The van der Waals surface area contributed by atoms with Crippen LogP contribution in [0.25, 0.3) is 22.8 Å². The molecule has 0 aliphatic carbocycles. The molecule has 1 aliphatic heterocycles. The van der Waals surface area contributed by atoms with Gasteiger partial charge in [-0.05, 0) is 42.8 Å². The maximum atomic E-state index is 13.0. The predicted molar refractivity (Wildman–Crippen MR) is 85.8 cm³/mol. The number of aliphatic hydroxyl groups excluding tert-OH is 1. The summed E-state index contributed by atoms with van der Waals surface area (Å²) in [6.45, 7) is 1.26. The lowest BCUT2D eigenvalue weighted by Crippen LogP contribution is -2.22. The zero-order chi connectivity index (χ0) is 16.5. The summed E-state index contributed by atoms with van der Waals surface area (Å²) in [4.78, 5) is 10.8. The number of nitrogens with zero attached hydrogens (tertiary/aromatic N) is 4. The number of hydrogen-bond donors (Lipinski definition) is 1. The van der Waals surface area contributed by atoms with Crippen LogP contribution < -0.4 is 4.90 Å². The highest BCUT2D eigenvalue weighted by Crippen LogP contribution is 2.31. The summed E-state index contributed by atoms with van der Waals surface area (Å²) < 4.78 is 18.4. The van der Waals surface area contributed by atoms with Gasteiger partial charge in [0.1, 0.15) is 11.6 Å². The van der Waals surface area contributed by atoms with Gasteiger partial charge in [0.05, 0.1) is 11.7 Å². The van der Waals surface area contributed by atoms with Crippen LogP contribution in [-0.4, -0.2) is 39.4 Å². The lowest BCUT2D eigenvalue weighted by Gasteiger charge is -2.18. The lowest BCUT2D eigenvalue weighted by atomic mass is 10.2. The average molecular weight is 326 g/mol. The van der Waals surface area contributed by atoms with Gasteiger partial charge < -0.3 is 14.5 Å². The van der Waals surface area contributed by atoms with E-state index in [0.717, 1.165) is 6.54 Å². The summed E-state index contributed by atoms with van der Waals surface area (Å²) in [7, 11) is 0. The Kier molecular flexibility index (Phi) is 3.70. The minimum Gasteiger partial charge on any atom is -0.391 e. The number of anilines is 1. The van der Waals surface area contributed by atoms with Gasteiger partial charge in [-0.25, -0.2) is 9.37 Å². The van der Waals surface area contributed by atoms with E-state index in [-0.39, 0.29) is 11.9 Å². The van der Waals surface area contributed by atoms with E-state index in [1.165, 1.54) is 12.1 Å². The Morgan fingerprint density at radius 2 is 2.04 bits per heavy atom. The summed E-state index contributed by atoms with van der Waals surface area (Å²) >= 11 is 0. The minimum absolute atomic E-state index is 0.315. The number of pyridine rings is 1. The van der Waals surface area contributed by atoms with Crippen molar-refractivity contribution in [2.24, 2.45) is 0 Å². The van der Waals surface area contributed by atoms with Gasteiger partial charge in [0.15, 0.2) is 0 Å². The predicted octanol–water partition coefficient (Wildman–Crippen LogP) is 2.51. The standard InChI is InChI=1S/C17H15FN4O2/c18-12-5-3-11(4-6-12)15-20-17(24-21-15)14-2-1-8-19-16(14)22-9-7-13(23)10-22/h1-6,8,13,23H,7,9-10H2. The van der Waals surface area contributed by atoms with E-state index in [9.17, 15) is 9.50 Å². The molecule has 0 bridgehead atoms. The highest BCUT2D eigenvalue weighted by molar-refractivity contribution is 5.71. The molecule has 3 aromatic rings. The van der Waals surface area contributed by atoms with Crippen LogP contribution >= 0.6 is 0 Å². The molecule has 1 fully saturated rings. The largest absolute Gasteiger partial charge is 0.391 e. The SMILES string of the molecule is OC1CCN(c2ncccc2-c2nc(-c3ccc(F)cc3)no2)C1. The maximum Gasteiger partial charge on any atom is 0.261 e. The first-order valence-corrected chi connectivity index (χ1v) is 7.69. The second-order valence-corrected chi connectivity index (χ2v) is 5.69. The molecule has 7 heteroatoms. The first kappa shape index (κ1) is 14.8. The first-order chi connectivity index (χ1) is 11.7. The number of benzene rings is 1. The van der Waals surface area contributed by atoms with E-state index in [2.05, 4.69) is 15.1 Å². The monoisotopic (exact) mass is 326 g/mol. The fourth-order valence-corrected chi connectivity index (χ4v) is 2.80. The highest BCUT2D eigenvalue weighted by Gasteiger charge is 2.25. The van der Waals surface area contributed by atoms with Gasteiger partial charge in [0.25, 0.3) is 5.89 Å². The Balaban J connectivity index is 1.69. The van der Waals surface area contributed by atoms with Crippen molar-refractivity contribution in [2.45, 2.75) is 12.5 Å². The van der Waals surface area contributed by atoms with Crippen molar-refractivity contribution in [3.8, 4) is 22.8 Å². The molecule has 0 amide bonds. The van der Waals surface area contributed by atoms with Gasteiger partial charge in [0.2, 0.25) is 5.82 Å². The molecule has 0 radical (unpaired) electrons. The van der Waals surface area contributed by atoms with Crippen LogP contribution in [0.4, 0.5) is 10.2 Å². The maximum absolute atomic E-state index is 13.0. The molecule has 1 aromatic carbocycles. The summed E-state index contributed by atoms with van der Waals surface area (Å²) in [6, 6.07) is 9.57. The van der Waals surface area contributed by atoms with Gasteiger partial charge >= 0.3 is 0 Å². The van der Waals surface area contributed by atoms with Crippen LogP contribution in [0.5, 0.6) is 0 Å². The molecule has 122 valence electrons. The van der Waals surface area contributed by atoms with Crippen molar-refractivity contribution in [2.75, 3.05) is 18.0 Å². The molecule has 0 spiro atoms. The van der Waals surface area contributed by atoms with E-state index in [0.29, 0.717) is 41.6 Å². The van der Waals surface area contributed by atoms with E-state index in [1.54, 1.807) is 24.4 Å². The van der Waals surface area contributed by atoms with Crippen molar-refractivity contribution in [3.63, 3.8) is 0 Å². The number of hydrogen-bond acceptors (Lipinski definition) is 6. The molecule has 4 rings (SSSR count). The second kappa shape index (κ2) is 6.01. The summed E-state index contributed by atoms with van der Waals surface area (Å²) in [5.41, 5.74) is 1.39. The molecule has 3 heterocycles. The van der Waals surface area contributed by atoms with Crippen molar-refractivity contribution >= 4 is 5.82 Å². The molecule has 1 atom stereocenters. The van der Waals surface area contributed by atoms with Crippen LogP contribution in [0.15, 0.2) is 47.1 Å². The fourth-order valence-electron chi connectivity index (χ4n) is 2.80. The summed E-state index contributed by atoms with van der Waals surface area (Å²) in [5, 5.41) is 13.7. The van der Waals surface area contributed by atoms with E-state index in [1.807, 2.05) is 11.0 Å². The van der Waals surface area contributed by atoms with Crippen LogP contribution in [-0.2, 0) is 0 Å². The number of aliphatic hydroxyl groups is 1. The molecule has 1 N–H and O–H groups in total. The number of halogens is 1. The number of β-amino-alcohol motifs (C(OH)–C–C–N with tert-alkyl or cyclic N) is 1. The molecule has 1 aliphatic rings. The Morgan fingerprint density at radius 1 is 1.21 bits per heavy atom. The lowest BCUT2D eigenvalue weighted by molar-refractivity contribution is 0.198. The Morgan fingerprint density at radius 3 is 2.79 bits per heavy atom. The zero-order valence-corrected chi connectivity index (χ0v) is 12.8. The summed E-state index contributed by atoms with van der Waals surface area (Å²) in [6.07, 6.45) is 2.05. The number of aromatic nitrogens is 3. The smallest absolute Gasteiger partial charge is 0.261 e. The molecule has 24 heavy (non-hydrogen) atoms. The third-order valence-electron chi connectivity index (χ3n) is 4.01. The van der Waals surface area contributed by atoms with Crippen molar-refractivity contribution in [3.05, 3.63) is 48.4 Å². The van der Waals surface area contributed by atoms with Crippen molar-refractivity contribution in [1.82, 2.24) is 15.1 Å². The molecule has 1 unspecified atom stereocenters. The molecular formula is C17H15FN4O2. The summed E-state index contributed by atoms with van der Waals surface area (Å²) in [5.74, 6) is 1.13. The third kappa shape index (κ3) is 2.74. The Hall–Kier alpha value is -2.80. The van der Waals surface area contributed by atoms with E-state index >= 15 is 0 Å². The van der Waals surface area contributed by atoms with E-state index < -0.39 is 0 Å². The molecule has 6 nitrogen and oxygen atoms in total. The Labute approximate surface area is 137 Å². The minimum atomic E-state index is -0.350. The van der Waals surface area contributed by atoms with Crippen LogP contribution in [0.3, 0.4) is 0 Å². The highest BCUT2D eigenvalue weighted by atomic mass is 19.1. The van der Waals surface area contributed by atoms with E-state index in [4.69, 9.17) is 4.52 Å². The molecular weight excluding hydrogens is 311 g/mol. The molecule has 0 saturated carbocycles. The van der Waals surface area contributed by atoms with Gasteiger partial charge in [-0.3, -0.25) is 0 Å². The second-order valence-electron chi connectivity index (χ2n) is 5.69. The zero-order valence-electron chi connectivity index (χ0n) is 12.8. The van der Waals surface area contributed by atoms with Crippen LogP contribution in [0.1, 0.15) is 6.42 Å². The van der Waals surface area contributed by atoms with Crippen molar-refractivity contribution in [1.29, 1.82) is 0 Å². The Bertz CT molecular complexity index is 850. The normalized spacial score (nSPS) is 17.4. The quantitative estimate of drug-likeness (QED) is 0.797. The van der Waals surface area contributed by atoms with Gasteiger partial charge in [-0.2, -0.15) is 4.98 Å². The third-order valence-corrected chi connectivity index (χ3v) is 4.01. The van der Waals surface area contributed by atoms with Gasteiger partial charge in [0, 0.05) is 24.8 Å². The van der Waals surface area contributed by atoms with Crippen molar-refractivity contribution < 1.29 is 14.0 Å². The average Bonchev–Trinajstić information content (AvgIpc) is 3.25. The topological polar surface area (TPSA) is 75.3 Å². The van der Waals surface area contributed by atoms with Gasteiger partial charge in [-0.1, -0.05) is 5.16 Å². The number of rotatable bonds is 3. The fraction of sp³-hybridized carbons (Fsp3) is 0.235. The van der Waals surface area contributed by atoms with Crippen LogP contribution in [0.2, 0.25) is 0 Å². The molecule has 2 aromatic heterocycles. The first-order valence-electron chi connectivity index (χ1n) is 7.69. The van der Waals surface area contributed by atoms with Gasteiger partial charge in [-0.15, -0.1) is 0 Å². The van der Waals surface area contributed by atoms with Crippen LogP contribution in [0, 0.1) is 5.82 Å².